The molecule has 2 atom stereocenters. The molecule has 0 bridgehead atoms. The van der Waals surface area contributed by atoms with Crippen molar-refractivity contribution in [2.75, 3.05) is 7.11 Å². The van der Waals surface area contributed by atoms with Crippen LogP contribution < -0.4 is 0 Å². The van der Waals surface area contributed by atoms with E-state index >= 15 is 0 Å². The number of aromatic hydroxyl groups is 1. The minimum atomic E-state index is -1.16. The van der Waals surface area contributed by atoms with Crippen LogP contribution in [0, 0.1) is 0 Å². The number of benzene rings is 1. The first-order valence-electron chi connectivity index (χ1n) is 8.10. The van der Waals surface area contributed by atoms with Gasteiger partial charge in [-0.1, -0.05) is 12.1 Å². The number of hydrogen-bond donors (Lipinski definition) is 2. The van der Waals surface area contributed by atoms with Gasteiger partial charge in [0.25, 0.3) is 0 Å². The quantitative estimate of drug-likeness (QED) is 0.804. The Morgan fingerprint density at radius 3 is 2.56 bits per heavy atom. The molecule has 0 saturated heterocycles. The summed E-state index contributed by atoms with van der Waals surface area (Å²) in [4.78, 5) is 38.6. The van der Waals surface area contributed by atoms with Crippen molar-refractivity contribution < 1.29 is 29.3 Å². The van der Waals surface area contributed by atoms with E-state index in [9.17, 15) is 24.6 Å². The fraction of sp³-hybridized carbons (Fsp3) is 0.316. The maximum atomic E-state index is 13.1. The second-order valence-electron chi connectivity index (χ2n) is 6.42. The van der Waals surface area contributed by atoms with Crippen molar-refractivity contribution in [1.29, 1.82) is 0 Å². The highest BCUT2D eigenvalue weighted by Gasteiger charge is 2.48. The normalized spacial score (nSPS) is 25.8. The predicted octanol–water partition coefficient (Wildman–Crippen LogP) is 1.51. The minimum Gasteiger partial charge on any atom is -0.507 e. The maximum absolute atomic E-state index is 13.1. The van der Waals surface area contributed by atoms with Crippen molar-refractivity contribution in [3.63, 3.8) is 0 Å². The van der Waals surface area contributed by atoms with Gasteiger partial charge in [-0.25, -0.2) is 0 Å². The Hall–Kier alpha value is -2.57. The number of aliphatic hydroxyl groups is 1. The van der Waals surface area contributed by atoms with Crippen LogP contribution in [0.25, 0.3) is 0 Å². The van der Waals surface area contributed by atoms with Crippen LogP contribution in [0.15, 0.2) is 40.5 Å². The molecule has 0 aromatic heterocycles. The zero-order valence-electron chi connectivity index (χ0n) is 13.5. The second-order valence-corrected chi connectivity index (χ2v) is 6.42. The molecule has 0 fully saturated rings. The highest BCUT2D eigenvalue weighted by atomic mass is 16.5. The van der Waals surface area contributed by atoms with E-state index in [1.807, 2.05) is 0 Å². The summed E-state index contributed by atoms with van der Waals surface area (Å²) in [5.41, 5.74) is 0.581. The Balaban J connectivity index is 2.05. The van der Waals surface area contributed by atoms with Crippen molar-refractivity contribution in [2.45, 2.75) is 31.5 Å². The summed E-state index contributed by atoms with van der Waals surface area (Å²) in [5.74, 6) is -1.62. The fourth-order valence-corrected chi connectivity index (χ4v) is 4.04. The Labute approximate surface area is 143 Å². The fourth-order valence-electron chi connectivity index (χ4n) is 4.04. The molecule has 0 amide bonds. The number of ether oxygens (including phenoxy) is 1. The van der Waals surface area contributed by atoms with Crippen LogP contribution in [0.2, 0.25) is 0 Å². The van der Waals surface area contributed by atoms with Gasteiger partial charge in [-0.3, -0.25) is 14.4 Å². The number of carbonyl (C=O) groups excluding carboxylic acids is 3. The molecule has 2 N–H and O–H groups in total. The summed E-state index contributed by atoms with van der Waals surface area (Å²) in [7, 11) is 1.34. The van der Waals surface area contributed by atoms with Gasteiger partial charge in [0.1, 0.15) is 18.0 Å². The van der Waals surface area contributed by atoms with E-state index in [1.165, 1.54) is 25.3 Å². The molecule has 128 valence electrons. The number of carbonyl (C=O) groups is 3. The van der Waals surface area contributed by atoms with Gasteiger partial charge in [0.2, 0.25) is 0 Å². The Bertz CT molecular complexity index is 904. The molecule has 3 aliphatic carbocycles. The zero-order chi connectivity index (χ0) is 17.9. The molecule has 0 heterocycles. The van der Waals surface area contributed by atoms with Gasteiger partial charge in [0.05, 0.1) is 5.56 Å². The van der Waals surface area contributed by atoms with Gasteiger partial charge in [0, 0.05) is 35.8 Å². The van der Waals surface area contributed by atoms with E-state index in [-0.39, 0.29) is 45.8 Å². The summed E-state index contributed by atoms with van der Waals surface area (Å²) in [5, 5.41) is 20.7. The van der Waals surface area contributed by atoms with Gasteiger partial charge >= 0.3 is 0 Å². The van der Waals surface area contributed by atoms with E-state index in [0.29, 0.717) is 18.4 Å². The molecule has 0 unspecified atom stereocenters. The third kappa shape index (κ3) is 2.01. The summed E-state index contributed by atoms with van der Waals surface area (Å²) in [6.07, 6.45) is -0.856. The molecule has 6 heteroatoms. The van der Waals surface area contributed by atoms with Gasteiger partial charge in [-0.05, 0) is 24.5 Å². The molecule has 6 nitrogen and oxygen atoms in total. The van der Waals surface area contributed by atoms with Gasteiger partial charge < -0.3 is 14.9 Å². The van der Waals surface area contributed by atoms with Crippen LogP contribution in [0.5, 0.6) is 5.75 Å². The lowest BCUT2D eigenvalue weighted by molar-refractivity contribution is -0.116. The lowest BCUT2D eigenvalue weighted by Crippen LogP contribution is -2.44. The molecule has 4 rings (SSSR count). The summed E-state index contributed by atoms with van der Waals surface area (Å²) in [6.45, 7) is 0. The van der Waals surface area contributed by atoms with Crippen molar-refractivity contribution in [3.8, 4) is 5.75 Å². The smallest absolute Gasteiger partial charge is 0.196 e. The molecular weight excluding hydrogens is 324 g/mol. The zero-order valence-corrected chi connectivity index (χ0v) is 13.5. The van der Waals surface area contributed by atoms with Gasteiger partial charge in [-0.2, -0.15) is 0 Å². The van der Waals surface area contributed by atoms with E-state index in [2.05, 4.69) is 0 Å². The van der Waals surface area contributed by atoms with Crippen molar-refractivity contribution in [3.05, 3.63) is 51.6 Å². The van der Waals surface area contributed by atoms with Crippen molar-refractivity contribution in [1.82, 2.24) is 0 Å². The van der Waals surface area contributed by atoms with Crippen molar-refractivity contribution in [2.24, 2.45) is 0 Å². The Kier molecular flexibility index (Phi) is 3.49. The number of aliphatic hydroxyl groups excluding tert-OH is 1. The number of fused-ring (bicyclic) bond motifs is 2. The average molecular weight is 340 g/mol. The largest absolute Gasteiger partial charge is 0.507 e. The molecule has 0 saturated carbocycles. The molecule has 1 aromatic rings. The van der Waals surface area contributed by atoms with Crippen LogP contribution in [0.1, 0.15) is 40.0 Å². The Morgan fingerprint density at radius 2 is 1.84 bits per heavy atom. The lowest BCUT2D eigenvalue weighted by atomic mass is 9.68. The number of rotatable bonds is 1. The maximum Gasteiger partial charge on any atom is 0.196 e. The van der Waals surface area contributed by atoms with E-state index in [0.717, 1.165) is 0 Å². The number of Topliss-reactive ketones (excluding diaryl/α,β-unsaturated/α-hetero) is 3. The highest BCUT2D eigenvalue weighted by molar-refractivity contribution is 6.33. The minimum absolute atomic E-state index is 0.0277. The molecule has 0 spiro atoms. The molecule has 0 radical (unpaired) electrons. The van der Waals surface area contributed by atoms with E-state index < -0.39 is 23.8 Å². The number of allylic oxidation sites excluding steroid dienone is 2. The number of methoxy groups -OCH3 is 1. The number of phenolic OH excluding ortho intramolecular Hbond substituents is 1. The molecular formula is C19H16O6. The monoisotopic (exact) mass is 340 g/mol. The summed E-state index contributed by atoms with van der Waals surface area (Å²) < 4.78 is 5.32. The van der Waals surface area contributed by atoms with Gasteiger partial charge in [-0.15, -0.1) is 0 Å². The lowest BCUT2D eigenvalue weighted by Gasteiger charge is -2.37. The van der Waals surface area contributed by atoms with Crippen LogP contribution in [-0.2, 0) is 9.53 Å². The van der Waals surface area contributed by atoms with Gasteiger partial charge in [0.15, 0.2) is 17.3 Å². The summed E-state index contributed by atoms with van der Waals surface area (Å²) >= 11 is 0. The average Bonchev–Trinajstić information content (AvgIpc) is 2.60. The second kappa shape index (κ2) is 5.47. The third-order valence-corrected chi connectivity index (χ3v) is 5.14. The molecule has 0 aliphatic heterocycles. The standard InChI is InChI=1S/C19H16O6/c1-25-19-15-14(12-8(17(19)23)4-2-6-10(12)20)16(22)9-5-3-7-11(21)13(9)18(15)24/h3,5,7,17,19,21,23H,2,4,6H2,1H3/t17-,19-/m1/s1. The summed E-state index contributed by atoms with van der Waals surface area (Å²) in [6, 6.07) is 4.26. The van der Waals surface area contributed by atoms with Crippen LogP contribution >= 0.6 is 0 Å². The van der Waals surface area contributed by atoms with E-state index in [1.54, 1.807) is 0 Å². The highest BCUT2D eigenvalue weighted by Crippen LogP contribution is 2.44. The Morgan fingerprint density at radius 1 is 1.08 bits per heavy atom. The van der Waals surface area contributed by atoms with Crippen LogP contribution in [-0.4, -0.2) is 46.9 Å². The third-order valence-electron chi connectivity index (χ3n) is 5.14. The first-order chi connectivity index (χ1) is 12.0. The molecule has 25 heavy (non-hydrogen) atoms. The molecule has 1 aromatic carbocycles. The predicted molar refractivity (Wildman–Crippen MR) is 86.5 cm³/mol. The first kappa shape index (κ1) is 15.9. The first-order valence-corrected chi connectivity index (χ1v) is 8.10. The molecule has 3 aliphatic rings. The number of phenols is 1. The SMILES string of the molecule is CO[C@@H]1C2=C(C(=O)c3cccc(O)c3C2=O)C2=C(CCCC2=O)[C@H]1O. The number of ketones is 3. The van der Waals surface area contributed by atoms with Crippen molar-refractivity contribution >= 4 is 17.3 Å². The van der Waals surface area contributed by atoms with E-state index in [4.69, 9.17) is 4.74 Å². The van der Waals surface area contributed by atoms with Crippen LogP contribution in [0.4, 0.5) is 0 Å². The number of hydrogen-bond acceptors (Lipinski definition) is 6. The topological polar surface area (TPSA) is 101 Å². The van der Waals surface area contributed by atoms with Crippen LogP contribution in [0.3, 0.4) is 0 Å².